The first kappa shape index (κ1) is 22.2. The molecular formula is C22H20FN5O5. The Balaban J connectivity index is 1.73. The summed E-state index contributed by atoms with van der Waals surface area (Å²) in [5, 5.41) is 3.12. The van der Waals surface area contributed by atoms with E-state index < -0.39 is 36.5 Å². The fourth-order valence-electron chi connectivity index (χ4n) is 3.66. The molecule has 0 saturated carbocycles. The van der Waals surface area contributed by atoms with Crippen molar-refractivity contribution < 1.29 is 28.2 Å². The van der Waals surface area contributed by atoms with Gasteiger partial charge in [-0.1, -0.05) is 5.92 Å². The first-order chi connectivity index (χ1) is 15.8. The Morgan fingerprint density at radius 1 is 1.18 bits per heavy atom. The molecule has 1 aliphatic heterocycles. The van der Waals surface area contributed by atoms with Crippen LogP contribution in [0.4, 0.5) is 15.9 Å². The molecule has 2 aromatic heterocycles. The summed E-state index contributed by atoms with van der Waals surface area (Å²) >= 11 is 0. The number of terminal acetylenes is 1. The fraction of sp³-hybridized carbons (Fsp3) is 0.318. The zero-order valence-corrected chi connectivity index (χ0v) is 18.0. The van der Waals surface area contributed by atoms with Gasteiger partial charge in [-0.05, 0) is 30.7 Å². The lowest BCUT2D eigenvalue weighted by Gasteiger charge is -2.23. The average molecular weight is 453 g/mol. The van der Waals surface area contributed by atoms with E-state index in [0.717, 1.165) is 0 Å². The van der Waals surface area contributed by atoms with Gasteiger partial charge in [0.05, 0.1) is 6.33 Å². The highest BCUT2D eigenvalue weighted by molar-refractivity contribution is 5.85. The number of aryl methyl sites for hydroxylation is 1. The number of nitrogens with one attached hydrogen (secondary N) is 1. The van der Waals surface area contributed by atoms with Crippen LogP contribution in [0.5, 0.6) is 0 Å². The highest BCUT2D eigenvalue weighted by Gasteiger charge is 2.50. The van der Waals surface area contributed by atoms with Crippen LogP contribution in [0, 0.1) is 25.1 Å². The smallest absolute Gasteiger partial charge is 0.303 e. The van der Waals surface area contributed by atoms with E-state index in [1.54, 1.807) is 13.0 Å². The fourth-order valence-corrected chi connectivity index (χ4v) is 3.66. The molecule has 1 fully saturated rings. The average Bonchev–Trinajstić information content (AvgIpc) is 3.31. The molecule has 0 bridgehead atoms. The van der Waals surface area contributed by atoms with E-state index in [0.29, 0.717) is 28.2 Å². The first-order valence-electron chi connectivity index (χ1n) is 9.95. The molecule has 0 radical (unpaired) electrons. The molecule has 170 valence electrons. The van der Waals surface area contributed by atoms with Gasteiger partial charge in [0.25, 0.3) is 0 Å². The van der Waals surface area contributed by atoms with Gasteiger partial charge in [0.1, 0.15) is 12.1 Å². The van der Waals surface area contributed by atoms with Crippen LogP contribution in [0.2, 0.25) is 0 Å². The normalized spacial score (nSPS) is 22.0. The number of anilines is 2. The Morgan fingerprint density at radius 3 is 2.58 bits per heavy atom. The Bertz CT molecular complexity index is 1270. The second-order valence-electron chi connectivity index (χ2n) is 7.39. The predicted molar refractivity (Wildman–Crippen MR) is 114 cm³/mol. The van der Waals surface area contributed by atoms with E-state index in [9.17, 15) is 14.0 Å². The van der Waals surface area contributed by atoms with Gasteiger partial charge in [-0.25, -0.2) is 19.3 Å². The van der Waals surface area contributed by atoms with Crippen molar-refractivity contribution in [3.05, 3.63) is 42.2 Å². The Kier molecular flexibility index (Phi) is 5.93. The SMILES string of the molecule is C#CC1OC(n2cnc3c(Nc4ccc(F)cc4C)ncnc32)C(OC(C)=O)C1OC(C)=O. The third-order valence-electron chi connectivity index (χ3n) is 5.03. The number of carbonyl (C=O) groups is 2. The van der Waals surface area contributed by atoms with Crippen molar-refractivity contribution in [1.82, 2.24) is 19.5 Å². The Labute approximate surface area is 188 Å². The summed E-state index contributed by atoms with van der Waals surface area (Å²) in [6, 6.07) is 4.32. The molecule has 4 atom stereocenters. The maximum absolute atomic E-state index is 13.4. The molecule has 0 spiro atoms. The molecule has 10 nitrogen and oxygen atoms in total. The lowest BCUT2D eigenvalue weighted by atomic mass is 10.1. The van der Waals surface area contributed by atoms with Crippen molar-refractivity contribution >= 4 is 34.6 Å². The molecule has 11 heteroatoms. The predicted octanol–water partition coefficient (Wildman–Crippen LogP) is 2.41. The van der Waals surface area contributed by atoms with Gasteiger partial charge in [-0.3, -0.25) is 14.2 Å². The number of rotatable bonds is 5. The van der Waals surface area contributed by atoms with Gasteiger partial charge in [0.15, 0.2) is 41.5 Å². The number of carbonyl (C=O) groups excluding carboxylic acids is 2. The number of aromatic nitrogens is 4. The summed E-state index contributed by atoms with van der Waals surface area (Å²) in [6.07, 6.45) is 4.36. The third-order valence-corrected chi connectivity index (χ3v) is 5.03. The molecular weight excluding hydrogens is 433 g/mol. The Hall–Kier alpha value is -4.04. The van der Waals surface area contributed by atoms with Crippen LogP contribution >= 0.6 is 0 Å². The maximum Gasteiger partial charge on any atom is 0.303 e. The molecule has 1 aliphatic rings. The van der Waals surface area contributed by atoms with Crippen LogP contribution in [-0.4, -0.2) is 49.8 Å². The largest absolute Gasteiger partial charge is 0.455 e. The minimum atomic E-state index is -1.03. The van der Waals surface area contributed by atoms with Crippen molar-refractivity contribution in [2.24, 2.45) is 0 Å². The summed E-state index contributed by atoms with van der Waals surface area (Å²) in [6.45, 7) is 4.21. The van der Waals surface area contributed by atoms with Gasteiger partial charge in [-0.2, -0.15) is 0 Å². The molecule has 1 saturated heterocycles. The highest BCUT2D eigenvalue weighted by Crippen LogP contribution is 2.36. The van der Waals surface area contributed by atoms with E-state index in [-0.39, 0.29) is 5.82 Å². The van der Waals surface area contributed by atoms with Crippen LogP contribution in [0.15, 0.2) is 30.9 Å². The van der Waals surface area contributed by atoms with Gasteiger partial charge in [0, 0.05) is 19.5 Å². The minimum Gasteiger partial charge on any atom is -0.455 e. The highest BCUT2D eigenvalue weighted by atomic mass is 19.1. The van der Waals surface area contributed by atoms with E-state index in [2.05, 4.69) is 26.2 Å². The second kappa shape index (κ2) is 8.84. The van der Waals surface area contributed by atoms with Gasteiger partial charge >= 0.3 is 11.9 Å². The number of hydrogen-bond acceptors (Lipinski definition) is 9. The molecule has 1 N–H and O–H groups in total. The molecule has 4 rings (SSSR count). The lowest BCUT2D eigenvalue weighted by Crippen LogP contribution is -2.38. The molecule has 3 heterocycles. The van der Waals surface area contributed by atoms with E-state index in [1.165, 1.54) is 43.2 Å². The van der Waals surface area contributed by atoms with E-state index in [1.807, 2.05) is 0 Å². The molecule has 1 aromatic carbocycles. The Morgan fingerprint density at radius 2 is 1.91 bits per heavy atom. The number of fused-ring (bicyclic) bond motifs is 1. The number of hydrogen-bond donors (Lipinski definition) is 1. The first-order valence-corrected chi connectivity index (χ1v) is 9.95. The van der Waals surface area contributed by atoms with Crippen LogP contribution in [0.1, 0.15) is 25.6 Å². The van der Waals surface area contributed by atoms with Gasteiger partial charge in [0.2, 0.25) is 0 Å². The van der Waals surface area contributed by atoms with Crippen LogP contribution in [-0.2, 0) is 23.8 Å². The van der Waals surface area contributed by atoms with Gasteiger partial charge in [-0.15, -0.1) is 6.42 Å². The number of nitrogens with zero attached hydrogens (tertiary/aromatic N) is 4. The van der Waals surface area contributed by atoms with Crippen LogP contribution in [0.3, 0.4) is 0 Å². The van der Waals surface area contributed by atoms with Crippen molar-refractivity contribution in [2.45, 2.75) is 45.3 Å². The summed E-state index contributed by atoms with van der Waals surface area (Å²) in [5.74, 6) is 1.24. The van der Waals surface area contributed by atoms with Crippen molar-refractivity contribution in [3.63, 3.8) is 0 Å². The lowest BCUT2D eigenvalue weighted by molar-refractivity contribution is -0.165. The second-order valence-corrected chi connectivity index (χ2v) is 7.39. The molecule has 0 aliphatic carbocycles. The molecule has 4 unspecified atom stereocenters. The molecule has 0 amide bonds. The molecule has 33 heavy (non-hydrogen) atoms. The zero-order chi connectivity index (χ0) is 23.7. The summed E-state index contributed by atoms with van der Waals surface area (Å²) in [5.41, 5.74) is 2.06. The van der Waals surface area contributed by atoms with Crippen molar-refractivity contribution in [2.75, 3.05) is 5.32 Å². The number of imidazole rings is 1. The summed E-state index contributed by atoms with van der Waals surface area (Å²) < 4.78 is 31.6. The van der Waals surface area contributed by atoms with E-state index >= 15 is 0 Å². The summed E-state index contributed by atoms with van der Waals surface area (Å²) in [4.78, 5) is 36.3. The summed E-state index contributed by atoms with van der Waals surface area (Å²) in [7, 11) is 0. The third kappa shape index (κ3) is 4.33. The van der Waals surface area contributed by atoms with Crippen LogP contribution in [0.25, 0.3) is 11.2 Å². The number of ether oxygens (including phenoxy) is 3. The quantitative estimate of drug-likeness (QED) is 0.459. The standard InChI is InChI=1S/C22H20FN5O5/c1-5-16-18(31-12(3)29)19(32-13(4)30)22(33-16)28-10-26-17-20(24-9-25-21(17)28)27-15-7-6-14(23)8-11(15)2/h1,6-10,16,18-19,22H,2-4H3,(H,24,25,27). The van der Waals surface area contributed by atoms with Crippen molar-refractivity contribution in [1.29, 1.82) is 0 Å². The molecule has 3 aromatic rings. The van der Waals surface area contributed by atoms with Crippen LogP contribution < -0.4 is 5.32 Å². The number of halogens is 1. The monoisotopic (exact) mass is 453 g/mol. The number of esters is 2. The minimum absolute atomic E-state index is 0.351. The van der Waals surface area contributed by atoms with Gasteiger partial charge < -0.3 is 19.5 Å². The maximum atomic E-state index is 13.4. The number of benzene rings is 1. The van der Waals surface area contributed by atoms with E-state index in [4.69, 9.17) is 20.6 Å². The zero-order valence-electron chi connectivity index (χ0n) is 18.0. The van der Waals surface area contributed by atoms with Crippen molar-refractivity contribution in [3.8, 4) is 12.3 Å². The topological polar surface area (TPSA) is 117 Å².